The number of anilines is 2. The highest BCUT2D eigenvalue weighted by atomic mass is 16.5. The topological polar surface area (TPSA) is 60.2 Å². The van der Waals surface area contributed by atoms with E-state index in [0.29, 0.717) is 17.6 Å². The number of aromatic nitrogens is 1. The smallest absolute Gasteiger partial charge is 0.238 e. The van der Waals surface area contributed by atoms with Gasteiger partial charge in [0.05, 0.1) is 12.8 Å². The van der Waals surface area contributed by atoms with Crippen molar-refractivity contribution in [1.82, 2.24) is 4.98 Å². The number of nitrogens with one attached hydrogen (secondary N) is 1. The van der Waals surface area contributed by atoms with E-state index in [0.717, 1.165) is 12.2 Å². The summed E-state index contributed by atoms with van der Waals surface area (Å²) in [5, 5.41) is 3.36. The third kappa shape index (κ3) is 4.51. The number of ether oxygens (including phenoxy) is 1. The van der Waals surface area contributed by atoms with Crippen LogP contribution in [-0.4, -0.2) is 18.1 Å². The molecule has 17 heavy (non-hydrogen) atoms. The molecule has 0 saturated heterocycles. The molecule has 1 atom stereocenters. The molecule has 1 unspecified atom stereocenters. The molecular formula is C13H23N3O. The average molecular weight is 237 g/mol. The number of nitrogens with zero attached hydrogens (tertiary/aromatic N) is 1. The Morgan fingerprint density at radius 3 is 2.82 bits per heavy atom. The fourth-order valence-electron chi connectivity index (χ4n) is 1.72. The summed E-state index contributed by atoms with van der Waals surface area (Å²) in [6, 6.07) is 4.11. The number of pyridine rings is 1. The van der Waals surface area contributed by atoms with Crippen molar-refractivity contribution in [3.05, 3.63) is 12.1 Å². The van der Waals surface area contributed by atoms with Crippen LogP contribution in [0.1, 0.15) is 39.5 Å². The van der Waals surface area contributed by atoms with E-state index in [-0.39, 0.29) is 0 Å². The highest BCUT2D eigenvalue weighted by Crippen LogP contribution is 2.21. The van der Waals surface area contributed by atoms with E-state index in [2.05, 4.69) is 24.1 Å². The molecule has 0 saturated carbocycles. The maximum Gasteiger partial charge on any atom is 0.238 e. The average Bonchev–Trinajstić information content (AvgIpc) is 2.32. The summed E-state index contributed by atoms with van der Waals surface area (Å²) in [6.07, 6.45) is 4.93. The van der Waals surface area contributed by atoms with Crippen LogP contribution < -0.4 is 15.8 Å². The van der Waals surface area contributed by atoms with Crippen molar-refractivity contribution in [2.24, 2.45) is 0 Å². The number of nitrogen functional groups attached to an aromatic ring is 1. The lowest BCUT2D eigenvalue weighted by Gasteiger charge is -2.15. The lowest BCUT2D eigenvalue weighted by atomic mass is 10.1. The lowest BCUT2D eigenvalue weighted by Crippen LogP contribution is -2.16. The molecule has 1 heterocycles. The zero-order chi connectivity index (χ0) is 12.7. The summed E-state index contributed by atoms with van der Waals surface area (Å²) in [7, 11) is 1.58. The van der Waals surface area contributed by atoms with Gasteiger partial charge in [-0.05, 0) is 25.5 Å². The Hall–Kier alpha value is -1.45. The van der Waals surface area contributed by atoms with Gasteiger partial charge in [0.2, 0.25) is 5.88 Å². The molecule has 0 aliphatic rings. The molecule has 0 aliphatic carbocycles. The van der Waals surface area contributed by atoms with Crippen LogP contribution in [0.5, 0.6) is 5.88 Å². The van der Waals surface area contributed by atoms with Gasteiger partial charge in [0.25, 0.3) is 0 Å². The van der Waals surface area contributed by atoms with Crippen molar-refractivity contribution in [2.45, 2.75) is 45.6 Å². The lowest BCUT2D eigenvalue weighted by molar-refractivity contribution is 0.400. The van der Waals surface area contributed by atoms with E-state index in [1.54, 1.807) is 7.11 Å². The second-order valence-electron chi connectivity index (χ2n) is 4.34. The van der Waals surface area contributed by atoms with Crippen LogP contribution in [0, 0.1) is 0 Å². The largest absolute Gasteiger partial charge is 0.479 e. The van der Waals surface area contributed by atoms with Crippen LogP contribution in [0.15, 0.2) is 12.1 Å². The molecular weight excluding hydrogens is 214 g/mol. The van der Waals surface area contributed by atoms with Gasteiger partial charge in [0.15, 0.2) is 0 Å². The summed E-state index contributed by atoms with van der Waals surface area (Å²) in [6.45, 7) is 4.38. The number of unbranched alkanes of at least 4 members (excludes halogenated alkanes) is 2. The van der Waals surface area contributed by atoms with E-state index in [9.17, 15) is 0 Å². The van der Waals surface area contributed by atoms with E-state index in [4.69, 9.17) is 10.5 Å². The van der Waals surface area contributed by atoms with Crippen molar-refractivity contribution in [3.8, 4) is 5.88 Å². The Morgan fingerprint density at radius 1 is 1.41 bits per heavy atom. The van der Waals surface area contributed by atoms with Gasteiger partial charge in [-0.15, -0.1) is 0 Å². The molecule has 4 heteroatoms. The fourth-order valence-corrected chi connectivity index (χ4v) is 1.72. The van der Waals surface area contributed by atoms with Gasteiger partial charge in [-0.25, -0.2) is 0 Å². The van der Waals surface area contributed by atoms with E-state index >= 15 is 0 Å². The Bertz CT molecular complexity index is 341. The van der Waals surface area contributed by atoms with E-state index in [1.165, 1.54) is 19.3 Å². The van der Waals surface area contributed by atoms with Crippen LogP contribution in [-0.2, 0) is 0 Å². The van der Waals surface area contributed by atoms with Gasteiger partial charge < -0.3 is 15.8 Å². The van der Waals surface area contributed by atoms with Crippen molar-refractivity contribution < 1.29 is 4.74 Å². The summed E-state index contributed by atoms with van der Waals surface area (Å²) in [4.78, 5) is 4.30. The zero-order valence-corrected chi connectivity index (χ0v) is 11.0. The Balaban J connectivity index is 2.50. The number of methoxy groups -OCH3 is 1. The van der Waals surface area contributed by atoms with Gasteiger partial charge in [-0.1, -0.05) is 26.2 Å². The number of nitrogens with two attached hydrogens (primary N) is 1. The number of hydrogen-bond donors (Lipinski definition) is 2. The minimum Gasteiger partial charge on any atom is -0.479 e. The Kier molecular flexibility index (Phi) is 5.60. The van der Waals surface area contributed by atoms with E-state index in [1.807, 2.05) is 12.1 Å². The maximum atomic E-state index is 5.71. The van der Waals surface area contributed by atoms with E-state index < -0.39 is 0 Å². The first-order chi connectivity index (χ1) is 8.17. The van der Waals surface area contributed by atoms with Gasteiger partial charge in [0.1, 0.15) is 5.82 Å². The highest BCUT2D eigenvalue weighted by Gasteiger charge is 2.06. The number of rotatable bonds is 7. The predicted molar refractivity (Wildman–Crippen MR) is 72.4 cm³/mol. The van der Waals surface area contributed by atoms with Crippen LogP contribution in [0.25, 0.3) is 0 Å². The molecule has 0 aliphatic heterocycles. The van der Waals surface area contributed by atoms with Crippen LogP contribution in [0.3, 0.4) is 0 Å². The summed E-state index contributed by atoms with van der Waals surface area (Å²) in [5.74, 6) is 1.30. The maximum absolute atomic E-state index is 5.71. The van der Waals surface area contributed by atoms with Gasteiger partial charge in [-0.3, -0.25) is 0 Å². The second-order valence-corrected chi connectivity index (χ2v) is 4.34. The first kappa shape index (κ1) is 13.6. The molecule has 1 rings (SSSR count). The standard InChI is InChI=1S/C13H23N3O/c1-4-5-6-7-10(2)15-12-9-8-11(14)13(16-12)17-3/h8-10H,4-7,14H2,1-3H3,(H,15,16). The molecule has 0 amide bonds. The van der Waals surface area contributed by atoms with Crippen molar-refractivity contribution in [1.29, 1.82) is 0 Å². The van der Waals surface area contributed by atoms with Crippen LogP contribution in [0.4, 0.5) is 11.5 Å². The molecule has 0 fully saturated rings. The second kappa shape index (κ2) is 6.99. The molecule has 96 valence electrons. The third-order valence-electron chi connectivity index (χ3n) is 2.72. The molecule has 0 aromatic carbocycles. The molecule has 0 spiro atoms. The minimum absolute atomic E-state index is 0.419. The molecule has 1 aromatic heterocycles. The summed E-state index contributed by atoms with van der Waals surface area (Å²) >= 11 is 0. The normalized spacial score (nSPS) is 12.2. The molecule has 3 N–H and O–H groups in total. The highest BCUT2D eigenvalue weighted by molar-refractivity contribution is 5.53. The summed E-state index contributed by atoms with van der Waals surface area (Å²) in [5.41, 5.74) is 6.28. The van der Waals surface area contributed by atoms with Crippen molar-refractivity contribution in [2.75, 3.05) is 18.2 Å². The monoisotopic (exact) mass is 237 g/mol. The SMILES string of the molecule is CCCCCC(C)Nc1ccc(N)c(OC)n1. The fraction of sp³-hybridized carbons (Fsp3) is 0.615. The van der Waals surface area contributed by atoms with Gasteiger partial charge in [0, 0.05) is 6.04 Å². The van der Waals surface area contributed by atoms with Crippen molar-refractivity contribution >= 4 is 11.5 Å². The quantitative estimate of drug-likeness (QED) is 0.715. The first-order valence-corrected chi connectivity index (χ1v) is 6.24. The van der Waals surface area contributed by atoms with Crippen LogP contribution in [0.2, 0.25) is 0 Å². The first-order valence-electron chi connectivity index (χ1n) is 6.24. The van der Waals surface area contributed by atoms with Gasteiger partial charge in [-0.2, -0.15) is 4.98 Å². The zero-order valence-electron chi connectivity index (χ0n) is 11.0. The Morgan fingerprint density at radius 2 is 2.18 bits per heavy atom. The van der Waals surface area contributed by atoms with Gasteiger partial charge >= 0.3 is 0 Å². The van der Waals surface area contributed by atoms with Crippen molar-refractivity contribution in [3.63, 3.8) is 0 Å². The number of hydrogen-bond acceptors (Lipinski definition) is 4. The third-order valence-corrected chi connectivity index (χ3v) is 2.72. The molecule has 0 bridgehead atoms. The Labute approximate surface area is 104 Å². The predicted octanol–water partition coefficient (Wildman–Crippen LogP) is 3.05. The molecule has 0 radical (unpaired) electrons. The molecule has 1 aromatic rings. The summed E-state index contributed by atoms with van der Waals surface area (Å²) < 4.78 is 5.09. The minimum atomic E-state index is 0.419. The van der Waals surface area contributed by atoms with Crippen LogP contribution >= 0.6 is 0 Å². The molecule has 4 nitrogen and oxygen atoms in total.